The van der Waals surface area contributed by atoms with E-state index in [1.807, 2.05) is 6.92 Å². The van der Waals surface area contributed by atoms with Crippen LogP contribution in [-0.2, 0) is 9.59 Å². The molecule has 0 heterocycles. The molecule has 0 saturated heterocycles. The van der Waals surface area contributed by atoms with Crippen LogP contribution in [0.25, 0.3) is 0 Å². The predicted molar refractivity (Wildman–Crippen MR) is 67.8 cm³/mol. The largest absolute Gasteiger partial charge is 0.480 e. The summed E-state index contributed by atoms with van der Waals surface area (Å²) in [5.41, 5.74) is 5.84. The highest BCUT2D eigenvalue weighted by Crippen LogP contribution is 2.21. The number of rotatable bonds is 7. The van der Waals surface area contributed by atoms with Crippen LogP contribution in [0.4, 0.5) is 4.39 Å². The van der Waals surface area contributed by atoms with Crippen LogP contribution in [0.3, 0.4) is 0 Å². The van der Waals surface area contributed by atoms with Gasteiger partial charge in [0.15, 0.2) is 0 Å². The maximum Gasteiger partial charge on any atom is 0.317 e. The van der Waals surface area contributed by atoms with E-state index in [4.69, 9.17) is 10.8 Å². The minimum Gasteiger partial charge on any atom is -0.480 e. The number of nitrogens with two attached hydrogens (primary N) is 1. The van der Waals surface area contributed by atoms with Gasteiger partial charge >= 0.3 is 5.97 Å². The number of hydrogen-bond acceptors (Lipinski definition) is 3. The molecular weight excluding hydrogens is 251 g/mol. The molecule has 0 aliphatic heterocycles. The maximum absolute atomic E-state index is 12.9. The lowest BCUT2D eigenvalue weighted by Gasteiger charge is -2.28. The Morgan fingerprint density at radius 3 is 2.37 bits per heavy atom. The molecule has 1 atom stereocenters. The first kappa shape index (κ1) is 15.1. The zero-order valence-corrected chi connectivity index (χ0v) is 10.7. The number of carbonyl (C=O) groups is 2. The molecule has 0 aliphatic carbocycles. The average molecular weight is 268 g/mol. The van der Waals surface area contributed by atoms with Crippen molar-refractivity contribution in [2.75, 3.05) is 13.1 Å². The third-order valence-corrected chi connectivity index (χ3v) is 2.67. The second-order valence-corrected chi connectivity index (χ2v) is 4.22. The highest BCUT2D eigenvalue weighted by Gasteiger charge is 2.26. The summed E-state index contributed by atoms with van der Waals surface area (Å²) in [5.74, 6) is -2.12. The Kier molecular flexibility index (Phi) is 5.44. The molecule has 0 radical (unpaired) electrons. The van der Waals surface area contributed by atoms with Gasteiger partial charge in [-0.15, -0.1) is 0 Å². The molecular formula is C13H17FN2O3. The van der Waals surface area contributed by atoms with Crippen LogP contribution in [0, 0.1) is 5.82 Å². The van der Waals surface area contributed by atoms with Crippen molar-refractivity contribution in [2.45, 2.75) is 19.4 Å². The standard InChI is InChI=1S/C13H17FN2O3/c1-2-7-16(8-11(17)18)12(13(15)19)9-3-5-10(14)6-4-9/h3-6,12H,2,7-8H2,1H3,(H2,15,19)(H,17,18). The first-order chi connectivity index (χ1) is 8.95. The van der Waals surface area contributed by atoms with Gasteiger partial charge in [0, 0.05) is 0 Å². The molecule has 5 nitrogen and oxygen atoms in total. The van der Waals surface area contributed by atoms with E-state index >= 15 is 0 Å². The summed E-state index contributed by atoms with van der Waals surface area (Å²) < 4.78 is 12.9. The van der Waals surface area contributed by atoms with Crippen molar-refractivity contribution in [1.29, 1.82) is 0 Å². The van der Waals surface area contributed by atoms with Gasteiger partial charge in [-0.3, -0.25) is 14.5 Å². The van der Waals surface area contributed by atoms with Crippen molar-refractivity contribution >= 4 is 11.9 Å². The summed E-state index contributed by atoms with van der Waals surface area (Å²) in [6.45, 7) is 1.99. The maximum atomic E-state index is 12.9. The number of nitrogens with zero attached hydrogens (tertiary/aromatic N) is 1. The van der Waals surface area contributed by atoms with E-state index in [1.165, 1.54) is 29.2 Å². The summed E-state index contributed by atoms with van der Waals surface area (Å²) in [7, 11) is 0. The number of carboxylic acids is 1. The minimum atomic E-state index is -1.04. The third kappa shape index (κ3) is 4.33. The molecule has 0 aliphatic rings. The second-order valence-electron chi connectivity index (χ2n) is 4.22. The summed E-state index contributed by atoms with van der Waals surface area (Å²) >= 11 is 0. The second kappa shape index (κ2) is 6.84. The van der Waals surface area contributed by atoms with Crippen molar-refractivity contribution in [2.24, 2.45) is 5.73 Å². The Hall–Kier alpha value is -1.95. The predicted octanol–water partition coefficient (Wildman–Crippen LogP) is 1.15. The first-order valence-electron chi connectivity index (χ1n) is 5.96. The number of primary amides is 1. The van der Waals surface area contributed by atoms with Gasteiger partial charge in [0.05, 0.1) is 6.54 Å². The molecule has 1 unspecified atom stereocenters. The molecule has 6 heteroatoms. The molecule has 1 amide bonds. The fraction of sp³-hybridized carbons (Fsp3) is 0.385. The summed E-state index contributed by atoms with van der Waals surface area (Å²) in [6, 6.07) is 4.45. The van der Waals surface area contributed by atoms with Crippen LogP contribution in [0.5, 0.6) is 0 Å². The van der Waals surface area contributed by atoms with Crippen molar-refractivity contribution in [3.8, 4) is 0 Å². The Labute approximate surface area is 110 Å². The fourth-order valence-corrected chi connectivity index (χ4v) is 1.96. The zero-order valence-electron chi connectivity index (χ0n) is 10.7. The van der Waals surface area contributed by atoms with Gasteiger partial charge < -0.3 is 10.8 Å². The number of hydrogen-bond donors (Lipinski definition) is 2. The molecule has 0 spiro atoms. The van der Waals surface area contributed by atoms with Crippen LogP contribution in [-0.4, -0.2) is 35.0 Å². The SMILES string of the molecule is CCCN(CC(=O)O)C(C(N)=O)c1ccc(F)cc1. The molecule has 104 valence electrons. The van der Waals surface area contributed by atoms with Crippen LogP contribution < -0.4 is 5.73 Å². The van der Waals surface area contributed by atoms with E-state index in [0.717, 1.165) is 0 Å². The number of amides is 1. The van der Waals surface area contributed by atoms with Gasteiger partial charge in [-0.2, -0.15) is 0 Å². The molecule has 0 fully saturated rings. The number of carboxylic acid groups (broad SMARTS) is 1. The van der Waals surface area contributed by atoms with E-state index in [1.54, 1.807) is 0 Å². The third-order valence-electron chi connectivity index (χ3n) is 2.67. The molecule has 1 aromatic rings. The van der Waals surface area contributed by atoms with E-state index in [9.17, 15) is 14.0 Å². The van der Waals surface area contributed by atoms with E-state index in [2.05, 4.69) is 0 Å². The zero-order chi connectivity index (χ0) is 14.4. The number of benzene rings is 1. The molecule has 1 aromatic carbocycles. The quantitative estimate of drug-likeness (QED) is 0.777. The lowest BCUT2D eigenvalue weighted by Crippen LogP contribution is -2.41. The van der Waals surface area contributed by atoms with E-state index in [-0.39, 0.29) is 6.54 Å². The topological polar surface area (TPSA) is 83.6 Å². The normalized spacial score (nSPS) is 12.4. The van der Waals surface area contributed by atoms with Crippen LogP contribution >= 0.6 is 0 Å². The van der Waals surface area contributed by atoms with E-state index < -0.39 is 23.7 Å². The molecule has 0 bridgehead atoms. The highest BCUT2D eigenvalue weighted by molar-refractivity contribution is 5.82. The summed E-state index contributed by atoms with van der Waals surface area (Å²) in [6.07, 6.45) is 0.679. The fourth-order valence-electron chi connectivity index (χ4n) is 1.96. The Morgan fingerprint density at radius 2 is 1.95 bits per heavy atom. The highest BCUT2D eigenvalue weighted by atomic mass is 19.1. The molecule has 19 heavy (non-hydrogen) atoms. The molecule has 0 aromatic heterocycles. The van der Waals surface area contributed by atoms with Gasteiger partial charge in [0.2, 0.25) is 5.91 Å². The van der Waals surface area contributed by atoms with Crippen molar-refractivity contribution in [3.63, 3.8) is 0 Å². The Bertz CT molecular complexity index is 448. The lowest BCUT2D eigenvalue weighted by molar-refractivity contribution is -0.139. The molecule has 1 rings (SSSR count). The van der Waals surface area contributed by atoms with Crippen LogP contribution in [0.15, 0.2) is 24.3 Å². The van der Waals surface area contributed by atoms with Crippen molar-refractivity contribution < 1.29 is 19.1 Å². The molecule has 0 saturated carbocycles. The van der Waals surface area contributed by atoms with Gasteiger partial charge in [-0.1, -0.05) is 19.1 Å². The Morgan fingerprint density at radius 1 is 1.37 bits per heavy atom. The minimum absolute atomic E-state index is 0.293. The molecule has 3 N–H and O–H groups in total. The monoisotopic (exact) mass is 268 g/mol. The van der Waals surface area contributed by atoms with Crippen LogP contribution in [0.2, 0.25) is 0 Å². The summed E-state index contributed by atoms with van der Waals surface area (Å²) in [4.78, 5) is 23.9. The first-order valence-corrected chi connectivity index (χ1v) is 5.96. The Balaban J connectivity index is 3.05. The number of aliphatic carboxylic acids is 1. The number of carbonyl (C=O) groups excluding carboxylic acids is 1. The summed E-state index contributed by atoms with van der Waals surface area (Å²) in [5, 5.41) is 8.88. The van der Waals surface area contributed by atoms with Gasteiger partial charge in [0.25, 0.3) is 0 Å². The van der Waals surface area contributed by atoms with Gasteiger partial charge in [-0.25, -0.2) is 4.39 Å². The van der Waals surface area contributed by atoms with Crippen molar-refractivity contribution in [3.05, 3.63) is 35.6 Å². The smallest absolute Gasteiger partial charge is 0.317 e. The van der Waals surface area contributed by atoms with Crippen molar-refractivity contribution in [1.82, 2.24) is 4.90 Å². The average Bonchev–Trinajstić information content (AvgIpc) is 2.31. The van der Waals surface area contributed by atoms with Gasteiger partial charge in [0.1, 0.15) is 11.9 Å². The van der Waals surface area contributed by atoms with Crippen LogP contribution in [0.1, 0.15) is 24.9 Å². The van der Waals surface area contributed by atoms with Gasteiger partial charge in [-0.05, 0) is 30.7 Å². The lowest BCUT2D eigenvalue weighted by atomic mass is 10.0. The van der Waals surface area contributed by atoms with E-state index in [0.29, 0.717) is 18.5 Å². The number of halogens is 1.